The molecule has 146 valence electrons. The first-order chi connectivity index (χ1) is 14.0. The second-order valence-electron chi connectivity index (χ2n) is 8.81. The van der Waals surface area contributed by atoms with Gasteiger partial charge >= 0.3 is 0 Å². The first-order valence-corrected chi connectivity index (χ1v) is 15.8. The second kappa shape index (κ2) is 7.66. The van der Waals surface area contributed by atoms with Crippen LogP contribution in [0.5, 0.6) is 0 Å². The van der Waals surface area contributed by atoms with Gasteiger partial charge in [0.25, 0.3) is 0 Å². The standard InChI is InChI=1S/C26H29NSi2/c1-28(2,3)26(21-13-14-22-26)29(24-17-9-5-10-18-24,25-19-11-6-12-20-25)27-23-15-7-4-8-16-23/h4-22,27H,1-3H3. The van der Waals surface area contributed by atoms with Crippen LogP contribution in [0.4, 0.5) is 5.69 Å². The van der Waals surface area contributed by atoms with Crippen molar-refractivity contribution in [3.8, 4) is 0 Å². The van der Waals surface area contributed by atoms with Crippen molar-refractivity contribution >= 4 is 32.4 Å². The van der Waals surface area contributed by atoms with Crippen molar-refractivity contribution in [1.82, 2.24) is 0 Å². The van der Waals surface area contributed by atoms with E-state index >= 15 is 0 Å². The second-order valence-corrected chi connectivity index (χ2v) is 18.4. The van der Waals surface area contributed by atoms with Crippen LogP contribution >= 0.6 is 0 Å². The van der Waals surface area contributed by atoms with Crippen molar-refractivity contribution in [3.63, 3.8) is 0 Å². The fraction of sp³-hybridized carbons (Fsp3) is 0.154. The molecule has 0 saturated carbocycles. The fourth-order valence-electron chi connectivity index (χ4n) is 4.79. The van der Waals surface area contributed by atoms with Gasteiger partial charge in [0.05, 0.1) is 8.07 Å². The van der Waals surface area contributed by atoms with Crippen LogP contribution in [-0.4, -0.2) is 16.3 Å². The Hall–Kier alpha value is -2.63. The fourth-order valence-corrected chi connectivity index (χ4v) is 16.0. The molecule has 0 heterocycles. The summed E-state index contributed by atoms with van der Waals surface area (Å²) in [4.78, 5) is 4.19. The highest BCUT2D eigenvalue weighted by atomic mass is 28.4. The number of para-hydroxylation sites is 1. The molecule has 0 aromatic heterocycles. The van der Waals surface area contributed by atoms with Crippen molar-refractivity contribution in [2.75, 3.05) is 4.98 Å². The average Bonchev–Trinajstić information content (AvgIpc) is 3.26. The Balaban J connectivity index is 2.09. The summed E-state index contributed by atoms with van der Waals surface area (Å²) in [6, 6.07) is 33.1. The van der Waals surface area contributed by atoms with Gasteiger partial charge in [-0.05, 0) is 22.5 Å². The van der Waals surface area contributed by atoms with Crippen LogP contribution in [0.15, 0.2) is 115 Å². The third-order valence-electron chi connectivity index (χ3n) is 6.21. The highest BCUT2D eigenvalue weighted by Crippen LogP contribution is 2.51. The molecular weight excluding hydrogens is 382 g/mol. The van der Waals surface area contributed by atoms with Crippen molar-refractivity contribution in [3.05, 3.63) is 115 Å². The number of hydrogen-bond acceptors (Lipinski definition) is 1. The molecule has 0 aliphatic heterocycles. The molecule has 0 unspecified atom stereocenters. The van der Waals surface area contributed by atoms with Gasteiger partial charge in [-0.1, -0.05) is 123 Å². The van der Waals surface area contributed by atoms with Gasteiger partial charge in [-0.2, -0.15) is 0 Å². The molecule has 0 spiro atoms. The highest BCUT2D eigenvalue weighted by Gasteiger charge is 2.60. The van der Waals surface area contributed by atoms with Crippen LogP contribution in [0.3, 0.4) is 0 Å². The van der Waals surface area contributed by atoms with Gasteiger partial charge in [0.1, 0.15) is 0 Å². The van der Waals surface area contributed by atoms with Gasteiger partial charge in [-0.25, -0.2) is 0 Å². The third-order valence-corrected chi connectivity index (χ3v) is 17.0. The Morgan fingerprint density at radius 2 is 1.00 bits per heavy atom. The smallest absolute Gasteiger partial charge is 0.229 e. The minimum atomic E-state index is -2.50. The van der Waals surface area contributed by atoms with E-state index in [0.717, 1.165) is 0 Å². The van der Waals surface area contributed by atoms with E-state index < -0.39 is 16.3 Å². The lowest BCUT2D eigenvalue weighted by Crippen LogP contribution is -2.75. The summed E-state index contributed by atoms with van der Waals surface area (Å²) in [6.45, 7) is 7.52. The van der Waals surface area contributed by atoms with Crippen LogP contribution in [0.1, 0.15) is 0 Å². The number of hydrogen-bond donors (Lipinski definition) is 1. The Labute approximate surface area is 176 Å². The van der Waals surface area contributed by atoms with Gasteiger partial charge in [-0.3, -0.25) is 0 Å². The van der Waals surface area contributed by atoms with Crippen molar-refractivity contribution in [2.24, 2.45) is 0 Å². The monoisotopic (exact) mass is 411 g/mol. The minimum absolute atomic E-state index is 0.0124. The molecule has 0 bridgehead atoms. The molecule has 0 radical (unpaired) electrons. The lowest BCUT2D eigenvalue weighted by atomic mass is 10.3. The Morgan fingerprint density at radius 1 is 0.586 bits per heavy atom. The molecule has 0 fully saturated rings. The summed E-state index contributed by atoms with van der Waals surface area (Å²) >= 11 is 0. The molecule has 1 aliphatic rings. The number of nitrogens with one attached hydrogen (secondary N) is 1. The van der Waals surface area contributed by atoms with Crippen molar-refractivity contribution in [2.45, 2.75) is 24.3 Å². The van der Waals surface area contributed by atoms with Crippen molar-refractivity contribution < 1.29 is 0 Å². The molecule has 3 heteroatoms. The van der Waals surface area contributed by atoms with Gasteiger partial charge in [0, 0.05) is 10.3 Å². The summed E-state index contributed by atoms with van der Waals surface area (Å²) in [6.07, 6.45) is 9.53. The molecule has 1 N–H and O–H groups in total. The topological polar surface area (TPSA) is 12.0 Å². The number of allylic oxidation sites excluding steroid dienone is 4. The van der Waals surface area contributed by atoms with Gasteiger partial charge in [0.2, 0.25) is 8.24 Å². The average molecular weight is 412 g/mol. The normalized spacial score (nSPS) is 15.4. The summed E-state index contributed by atoms with van der Waals surface area (Å²) < 4.78 is 0.0124. The molecule has 1 nitrogen and oxygen atoms in total. The molecule has 0 atom stereocenters. The van der Waals surface area contributed by atoms with E-state index in [1.165, 1.54) is 16.1 Å². The summed E-state index contributed by atoms with van der Waals surface area (Å²) in [7, 11) is -4.21. The van der Waals surface area contributed by atoms with E-state index in [9.17, 15) is 0 Å². The molecule has 4 rings (SSSR count). The number of benzene rings is 3. The Morgan fingerprint density at radius 3 is 1.41 bits per heavy atom. The maximum atomic E-state index is 4.19. The predicted octanol–water partition coefficient (Wildman–Crippen LogP) is 5.60. The van der Waals surface area contributed by atoms with E-state index in [4.69, 9.17) is 0 Å². The van der Waals surface area contributed by atoms with Crippen LogP contribution in [-0.2, 0) is 0 Å². The van der Waals surface area contributed by atoms with Crippen LogP contribution in [0, 0.1) is 0 Å². The molecule has 0 amide bonds. The predicted molar refractivity (Wildman–Crippen MR) is 132 cm³/mol. The van der Waals surface area contributed by atoms with Gasteiger partial charge in [-0.15, -0.1) is 0 Å². The zero-order valence-electron chi connectivity index (χ0n) is 17.5. The summed E-state index contributed by atoms with van der Waals surface area (Å²) in [5.41, 5.74) is 1.19. The lowest BCUT2D eigenvalue weighted by molar-refractivity contribution is 1.11. The van der Waals surface area contributed by atoms with Crippen LogP contribution in [0.2, 0.25) is 24.3 Å². The van der Waals surface area contributed by atoms with E-state index in [1.54, 1.807) is 0 Å². The van der Waals surface area contributed by atoms with Gasteiger partial charge < -0.3 is 4.98 Å². The Kier molecular flexibility index (Phi) is 5.20. The maximum absolute atomic E-state index is 4.19. The molecule has 3 aromatic rings. The maximum Gasteiger partial charge on any atom is 0.229 e. The van der Waals surface area contributed by atoms with E-state index in [2.05, 4.69) is 140 Å². The van der Waals surface area contributed by atoms with E-state index in [-0.39, 0.29) is 4.66 Å². The molecule has 0 saturated heterocycles. The lowest BCUT2D eigenvalue weighted by Gasteiger charge is -2.52. The van der Waals surface area contributed by atoms with Crippen LogP contribution < -0.4 is 15.4 Å². The van der Waals surface area contributed by atoms with E-state index in [0.29, 0.717) is 0 Å². The zero-order valence-corrected chi connectivity index (χ0v) is 19.5. The summed E-state index contributed by atoms with van der Waals surface area (Å²) in [5, 5.41) is 2.85. The molecule has 29 heavy (non-hydrogen) atoms. The first-order valence-electron chi connectivity index (χ1n) is 10.3. The van der Waals surface area contributed by atoms with Crippen molar-refractivity contribution in [1.29, 1.82) is 0 Å². The summed E-state index contributed by atoms with van der Waals surface area (Å²) in [5.74, 6) is 0. The third kappa shape index (κ3) is 3.24. The van der Waals surface area contributed by atoms with Crippen LogP contribution in [0.25, 0.3) is 0 Å². The molecular formula is C26H29NSi2. The van der Waals surface area contributed by atoms with E-state index in [1.807, 2.05) is 0 Å². The Bertz CT molecular complexity index is 951. The molecule has 3 aromatic carbocycles. The highest BCUT2D eigenvalue weighted by molar-refractivity contribution is 7.16. The largest absolute Gasteiger partial charge is 0.403 e. The van der Waals surface area contributed by atoms with Gasteiger partial charge in [0.15, 0.2) is 0 Å². The zero-order chi connectivity index (χ0) is 20.4. The molecule has 1 aliphatic carbocycles. The SMILES string of the molecule is C[Si](C)(C)C1([Si](Nc2ccccc2)(c2ccccc2)c2ccccc2)C=CC=C1. The number of rotatable bonds is 6. The minimum Gasteiger partial charge on any atom is -0.403 e. The quantitative estimate of drug-likeness (QED) is 0.520. The first kappa shape index (κ1) is 19.7. The number of anilines is 1.